The minimum absolute atomic E-state index is 0.128. The van der Waals surface area contributed by atoms with Crippen molar-refractivity contribution in [2.75, 3.05) is 20.2 Å². The van der Waals surface area contributed by atoms with Crippen molar-refractivity contribution >= 4 is 5.97 Å². The summed E-state index contributed by atoms with van der Waals surface area (Å²) in [6.07, 6.45) is 0.276. The zero-order valence-electron chi connectivity index (χ0n) is 6.52. The van der Waals surface area contributed by atoms with Crippen LogP contribution >= 0.6 is 0 Å². The highest BCUT2D eigenvalue weighted by Gasteiger charge is 2.36. The summed E-state index contributed by atoms with van der Waals surface area (Å²) in [6.45, 7) is 0.912. The van der Waals surface area contributed by atoms with Gasteiger partial charge in [-0.25, -0.2) is 4.39 Å². The van der Waals surface area contributed by atoms with Gasteiger partial charge in [-0.2, -0.15) is 0 Å². The fraction of sp³-hybridized carbons (Fsp3) is 0.857. The van der Waals surface area contributed by atoms with Gasteiger partial charge < -0.3 is 10.1 Å². The zero-order chi connectivity index (χ0) is 8.32. The van der Waals surface area contributed by atoms with Gasteiger partial charge in [0.05, 0.1) is 13.5 Å². The number of hydrogen-bond donors (Lipinski definition) is 1. The third-order valence-electron chi connectivity index (χ3n) is 1.88. The average Bonchev–Trinajstić information content (AvgIpc) is 2.36. The Kier molecular flexibility index (Phi) is 2.44. The van der Waals surface area contributed by atoms with Gasteiger partial charge in [0.25, 0.3) is 0 Å². The highest BCUT2D eigenvalue weighted by molar-refractivity contribution is 5.70. The molecule has 64 valence electrons. The standard InChI is InChI=1S/C7H12FNO2/c1-11-6(10)4-7(8)2-3-9-5-7/h9H,2-5H2,1H3. The van der Waals surface area contributed by atoms with Crippen LogP contribution in [0.1, 0.15) is 12.8 Å². The number of carbonyl (C=O) groups excluding carboxylic acids is 1. The lowest BCUT2D eigenvalue weighted by molar-refractivity contribution is -0.143. The molecule has 0 aromatic rings. The number of alkyl halides is 1. The van der Waals surface area contributed by atoms with E-state index in [1.165, 1.54) is 7.11 Å². The normalized spacial score (nSPS) is 30.4. The van der Waals surface area contributed by atoms with Gasteiger partial charge in [0.1, 0.15) is 5.67 Å². The molecule has 0 aromatic carbocycles. The molecule has 0 radical (unpaired) electrons. The number of halogens is 1. The monoisotopic (exact) mass is 161 g/mol. The summed E-state index contributed by atoms with van der Waals surface area (Å²) in [4.78, 5) is 10.7. The second kappa shape index (κ2) is 3.17. The maximum absolute atomic E-state index is 13.4. The fourth-order valence-electron chi connectivity index (χ4n) is 1.19. The lowest BCUT2D eigenvalue weighted by Gasteiger charge is -2.15. The molecule has 1 unspecified atom stereocenters. The molecule has 1 atom stereocenters. The van der Waals surface area contributed by atoms with Crippen molar-refractivity contribution in [2.45, 2.75) is 18.5 Å². The Morgan fingerprint density at radius 3 is 3.00 bits per heavy atom. The Hall–Kier alpha value is -0.640. The molecule has 0 spiro atoms. The van der Waals surface area contributed by atoms with Crippen LogP contribution < -0.4 is 5.32 Å². The molecule has 0 aromatic heterocycles. The van der Waals surface area contributed by atoms with Crippen molar-refractivity contribution in [2.24, 2.45) is 0 Å². The Morgan fingerprint density at radius 1 is 1.82 bits per heavy atom. The van der Waals surface area contributed by atoms with Crippen LogP contribution in [0.5, 0.6) is 0 Å². The van der Waals surface area contributed by atoms with E-state index in [1.807, 2.05) is 0 Å². The van der Waals surface area contributed by atoms with E-state index in [2.05, 4.69) is 10.1 Å². The first-order valence-electron chi connectivity index (χ1n) is 3.63. The van der Waals surface area contributed by atoms with Crippen LogP contribution in [0.25, 0.3) is 0 Å². The molecule has 0 bridgehead atoms. The van der Waals surface area contributed by atoms with Crippen LogP contribution in [0, 0.1) is 0 Å². The zero-order valence-corrected chi connectivity index (χ0v) is 6.52. The molecule has 3 nitrogen and oxygen atoms in total. The summed E-state index contributed by atoms with van der Waals surface area (Å²) in [6, 6.07) is 0. The molecule has 0 aliphatic carbocycles. The van der Waals surface area contributed by atoms with Gasteiger partial charge in [-0.3, -0.25) is 4.79 Å². The first-order chi connectivity index (χ1) is 5.16. The minimum atomic E-state index is -1.37. The quantitative estimate of drug-likeness (QED) is 0.590. The molecule has 1 aliphatic rings. The number of rotatable bonds is 2. The summed E-state index contributed by atoms with van der Waals surface area (Å²) >= 11 is 0. The van der Waals surface area contributed by atoms with Gasteiger partial charge in [-0.1, -0.05) is 0 Å². The second-order valence-electron chi connectivity index (χ2n) is 2.83. The molecule has 1 fully saturated rings. The number of carbonyl (C=O) groups is 1. The average molecular weight is 161 g/mol. The van der Waals surface area contributed by atoms with Crippen LogP contribution in [0.3, 0.4) is 0 Å². The van der Waals surface area contributed by atoms with Crippen LogP contribution in [-0.2, 0) is 9.53 Å². The van der Waals surface area contributed by atoms with Crippen molar-refractivity contribution in [1.29, 1.82) is 0 Å². The van der Waals surface area contributed by atoms with E-state index in [0.29, 0.717) is 13.0 Å². The van der Waals surface area contributed by atoms with E-state index in [4.69, 9.17) is 0 Å². The topological polar surface area (TPSA) is 38.3 Å². The largest absolute Gasteiger partial charge is 0.469 e. The van der Waals surface area contributed by atoms with Crippen molar-refractivity contribution in [1.82, 2.24) is 5.32 Å². The lowest BCUT2D eigenvalue weighted by atomic mass is 10.0. The first kappa shape index (κ1) is 8.46. The van der Waals surface area contributed by atoms with E-state index in [1.54, 1.807) is 0 Å². The van der Waals surface area contributed by atoms with Crippen molar-refractivity contribution in [3.8, 4) is 0 Å². The summed E-state index contributed by atoms with van der Waals surface area (Å²) in [5.74, 6) is -0.476. The van der Waals surface area contributed by atoms with E-state index < -0.39 is 11.6 Å². The first-order valence-corrected chi connectivity index (χ1v) is 3.63. The predicted molar refractivity (Wildman–Crippen MR) is 38.0 cm³/mol. The summed E-state index contributed by atoms with van der Waals surface area (Å²) < 4.78 is 17.8. The highest BCUT2D eigenvalue weighted by Crippen LogP contribution is 2.23. The Labute approximate surface area is 64.9 Å². The van der Waals surface area contributed by atoms with E-state index in [-0.39, 0.29) is 13.0 Å². The molecule has 4 heteroatoms. The Balaban J connectivity index is 2.39. The van der Waals surface area contributed by atoms with Crippen LogP contribution in [0.15, 0.2) is 0 Å². The molecule has 0 saturated carbocycles. The highest BCUT2D eigenvalue weighted by atomic mass is 19.1. The number of nitrogens with one attached hydrogen (secondary N) is 1. The molecule has 1 aliphatic heterocycles. The molecule has 11 heavy (non-hydrogen) atoms. The van der Waals surface area contributed by atoms with E-state index >= 15 is 0 Å². The van der Waals surface area contributed by atoms with Gasteiger partial charge in [0.2, 0.25) is 0 Å². The van der Waals surface area contributed by atoms with Crippen molar-refractivity contribution in [3.63, 3.8) is 0 Å². The van der Waals surface area contributed by atoms with Crippen molar-refractivity contribution < 1.29 is 13.9 Å². The molecule has 1 rings (SSSR count). The van der Waals surface area contributed by atoms with Crippen LogP contribution in [0.2, 0.25) is 0 Å². The maximum Gasteiger partial charge on any atom is 0.308 e. The van der Waals surface area contributed by atoms with E-state index in [9.17, 15) is 9.18 Å². The summed E-state index contributed by atoms with van der Waals surface area (Å²) in [7, 11) is 1.27. The number of methoxy groups -OCH3 is 1. The van der Waals surface area contributed by atoms with Gasteiger partial charge in [0.15, 0.2) is 0 Å². The SMILES string of the molecule is COC(=O)CC1(F)CCNC1. The van der Waals surface area contributed by atoms with Gasteiger partial charge in [-0.15, -0.1) is 0 Å². The molecule has 1 heterocycles. The molecular weight excluding hydrogens is 149 g/mol. The molecular formula is C7H12FNO2. The van der Waals surface area contributed by atoms with Crippen LogP contribution in [0.4, 0.5) is 4.39 Å². The number of esters is 1. The smallest absolute Gasteiger partial charge is 0.308 e. The molecule has 0 amide bonds. The summed E-state index contributed by atoms with van der Waals surface area (Å²) in [5.41, 5.74) is -1.37. The van der Waals surface area contributed by atoms with Crippen LogP contribution in [-0.4, -0.2) is 31.8 Å². The van der Waals surface area contributed by atoms with Gasteiger partial charge >= 0.3 is 5.97 Å². The number of hydrogen-bond acceptors (Lipinski definition) is 3. The fourth-order valence-corrected chi connectivity index (χ4v) is 1.19. The lowest BCUT2D eigenvalue weighted by Crippen LogP contribution is -2.29. The van der Waals surface area contributed by atoms with Gasteiger partial charge in [-0.05, 0) is 13.0 Å². The Morgan fingerprint density at radius 2 is 2.55 bits per heavy atom. The van der Waals surface area contributed by atoms with Gasteiger partial charge in [0, 0.05) is 6.54 Å². The third kappa shape index (κ3) is 2.15. The molecule has 1 saturated heterocycles. The predicted octanol–water partition coefficient (Wildman–Crippen LogP) is 0.251. The Bertz CT molecular complexity index is 155. The van der Waals surface area contributed by atoms with E-state index in [0.717, 1.165) is 0 Å². The summed E-state index contributed by atoms with van der Waals surface area (Å²) in [5, 5.41) is 2.86. The number of ether oxygens (including phenoxy) is 1. The van der Waals surface area contributed by atoms with Crippen molar-refractivity contribution in [3.05, 3.63) is 0 Å². The minimum Gasteiger partial charge on any atom is -0.469 e. The second-order valence-corrected chi connectivity index (χ2v) is 2.83. The maximum atomic E-state index is 13.4. The third-order valence-corrected chi connectivity index (χ3v) is 1.88. The molecule has 1 N–H and O–H groups in total.